The molecule has 0 spiro atoms. The molecule has 0 bridgehead atoms. The summed E-state index contributed by atoms with van der Waals surface area (Å²) >= 11 is 6.01. The van der Waals surface area contributed by atoms with Crippen molar-refractivity contribution in [2.75, 3.05) is 13.2 Å². The molecular weight excluding hydrogens is 452 g/mol. The maximum atomic E-state index is 12.5. The average Bonchev–Trinajstić information content (AvgIpc) is 3.27. The minimum atomic E-state index is -0.544. The van der Waals surface area contributed by atoms with E-state index >= 15 is 0 Å². The largest absolute Gasteiger partial charge is 0.490 e. The molecule has 1 N–H and O–H groups in total. The van der Waals surface area contributed by atoms with Gasteiger partial charge in [0.15, 0.2) is 17.3 Å². The molecule has 174 valence electrons. The molecule has 3 aromatic rings. The third kappa shape index (κ3) is 6.39. The standard InChI is InChI=1S/C23H23ClN2O7/c1-3-30-20-8-5-15(11-22(20)31-4-2)13-25-23(27)21-10-7-17(33-21)14-32-19-9-6-16(26(28)29)12-18(19)24/h5-12H,3-4,13-14H2,1-2H3,(H,25,27). The number of halogens is 1. The number of nitrogens with zero attached hydrogens (tertiary/aromatic N) is 1. The van der Waals surface area contributed by atoms with E-state index in [0.29, 0.717) is 30.5 Å². The lowest BCUT2D eigenvalue weighted by Crippen LogP contribution is -2.22. The SMILES string of the molecule is CCOc1ccc(CNC(=O)c2ccc(COc3ccc([N+](=O)[O-])cc3Cl)o2)cc1OCC. The molecule has 0 radical (unpaired) electrons. The van der Waals surface area contributed by atoms with E-state index in [9.17, 15) is 14.9 Å². The van der Waals surface area contributed by atoms with Crippen LogP contribution in [0.4, 0.5) is 5.69 Å². The molecule has 0 saturated heterocycles. The Kier molecular flexibility index (Phi) is 8.15. The molecule has 0 saturated carbocycles. The van der Waals surface area contributed by atoms with Crippen LogP contribution in [0, 0.1) is 10.1 Å². The number of nitro groups is 1. The molecule has 9 nitrogen and oxygen atoms in total. The van der Waals surface area contributed by atoms with Gasteiger partial charge in [-0.15, -0.1) is 0 Å². The zero-order chi connectivity index (χ0) is 23.8. The van der Waals surface area contributed by atoms with Gasteiger partial charge in [-0.1, -0.05) is 17.7 Å². The smallest absolute Gasteiger partial charge is 0.287 e. The van der Waals surface area contributed by atoms with E-state index in [0.717, 1.165) is 5.56 Å². The summed E-state index contributed by atoms with van der Waals surface area (Å²) in [6.45, 7) is 5.08. The van der Waals surface area contributed by atoms with Crippen LogP contribution in [0.3, 0.4) is 0 Å². The highest BCUT2D eigenvalue weighted by molar-refractivity contribution is 6.32. The van der Waals surface area contributed by atoms with Crippen LogP contribution in [-0.4, -0.2) is 24.0 Å². The van der Waals surface area contributed by atoms with Crippen LogP contribution in [-0.2, 0) is 13.2 Å². The summed E-state index contributed by atoms with van der Waals surface area (Å²) < 4.78 is 22.2. The zero-order valence-corrected chi connectivity index (χ0v) is 18.9. The van der Waals surface area contributed by atoms with Crippen LogP contribution in [0.25, 0.3) is 0 Å². The predicted molar refractivity (Wildman–Crippen MR) is 121 cm³/mol. The van der Waals surface area contributed by atoms with Gasteiger partial charge in [0.25, 0.3) is 11.6 Å². The number of nitrogens with one attached hydrogen (secondary N) is 1. The van der Waals surface area contributed by atoms with E-state index in [2.05, 4.69) is 5.32 Å². The maximum Gasteiger partial charge on any atom is 0.287 e. The van der Waals surface area contributed by atoms with E-state index in [1.807, 2.05) is 32.0 Å². The Morgan fingerprint density at radius 3 is 2.42 bits per heavy atom. The second kappa shape index (κ2) is 11.2. The lowest BCUT2D eigenvalue weighted by molar-refractivity contribution is -0.384. The Labute approximate surface area is 195 Å². The number of non-ortho nitro benzene ring substituents is 1. The molecule has 0 unspecified atom stereocenters. The first-order chi connectivity index (χ1) is 15.9. The number of hydrogen-bond acceptors (Lipinski definition) is 7. The second-order valence-electron chi connectivity index (χ2n) is 6.76. The third-order valence-electron chi connectivity index (χ3n) is 4.44. The minimum Gasteiger partial charge on any atom is -0.490 e. The Balaban J connectivity index is 1.57. The van der Waals surface area contributed by atoms with Crippen LogP contribution in [0.15, 0.2) is 52.9 Å². The molecule has 33 heavy (non-hydrogen) atoms. The molecule has 3 rings (SSSR count). The van der Waals surface area contributed by atoms with Gasteiger partial charge >= 0.3 is 0 Å². The number of furan rings is 1. The summed E-state index contributed by atoms with van der Waals surface area (Å²) in [6, 6.07) is 12.5. The third-order valence-corrected chi connectivity index (χ3v) is 4.74. The van der Waals surface area contributed by atoms with E-state index in [-0.39, 0.29) is 41.3 Å². The van der Waals surface area contributed by atoms with Crippen molar-refractivity contribution in [3.63, 3.8) is 0 Å². The van der Waals surface area contributed by atoms with Gasteiger partial charge in [-0.2, -0.15) is 0 Å². The monoisotopic (exact) mass is 474 g/mol. The molecular formula is C23H23ClN2O7. The van der Waals surface area contributed by atoms with Gasteiger partial charge < -0.3 is 23.9 Å². The normalized spacial score (nSPS) is 10.5. The fourth-order valence-corrected chi connectivity index (χ4v) is 3.15. The fraction of sp³-hybridized carbons (Fsp3) is 0.261. The summed E-state index contributed by atoms with van der Waals surface area (Å²) in [7, 11) is 0. The predicted octanol–water partition coefficient (Wildman–Crippen LogP) is 5.15. The van der Waals surface area contributed by atoms with Gasteiger partial charge in [0.05, 0.1) is 23.2 Å². The molecule has 0 aliphatic rings. The number of ether oxygens (including phenoxy) is 3. The molecule has 0 aliphatic carbocycles. The fourth-order valence-electron chi connectivity index (χ4n) is 2.92. The highest BCUT2D eigenvalue weighted by Gasteiger charge is 2.14. The number of carbonyl (C=O) groups is 1. The van der Waals surface area contributed by atoms with E-state index in [4.69, 9.17) is 30.2 Å². The molecule has 1 heterocycles. The van der Waals surface area contributed by atoms with Gasteiger partial charge in [-0.3, -0.25) is 14.9 Å². The topological polar surface area (TPSA) is 113 Å². The number of benzene rings is 2. The van der Waals surface area contributed by atoms with Crippen LogP contribution < -0.4 is 19.5 Å². The first kappa shape index (κ1) is 23.9. The van der Waals surface area contributed by atoms with Gasteiger partial charge in [0.1, 0.15) is 18.1 Å². The van der Waals surface area contributed by atoms with Crippen molar-refractivity contribution in [3.05, 3.63) is 80.8 Å². The molecule has 2 aromatic carbocycles. The summed E-state index contributed by atoms with van der Waals surface area (Å²) in [5.74, 6) is 1.67. The van der Waals surface area contributed by atoms with E-state index in [1.165, 1.54) is 24.3 Å². The number of nitro benzene ring substituents is 1. The molecule has 10 heteroatoms. The highest BCUT2D eigenvalue weighted by atomic mass is 35.5. The van der Waals surface area contributed by atoms with Crippen LogP contribution in [0.1, 0.15) is 35.7 Å². The number of hydrogen-bond donors (Lipinski definition) is 1. The van der Waals surface area contributed by atoms with Gasteiger partial charge in [-0.25, -0.2) is 0 Å². The summed E-state index contributed by atoms with van der Waals surface area (Å²) in [5.41, 5.74) is 0.711. The van der Waals surface area contributed by atoms with Crippen molar-refractivity contribution in [2.24, 2.45) is 0 Å². The average molecular weight is 475 g/mol. The molecule has 1 aromatic heterocycles. The van der Waals surface area contributed by atoms with Crippen LogP contribution in [0.2, 0.25) is 5.02 Å². The second-order valence-corrected chi connectivity index (χ2v) is 7.16. The van der Waals surface area contributed by atoms with Crippen molar-refractivity contribution in [1.82, 2.24) is 5.32 Å². The van der Waals surface area contributed by atoms with Gasteiger partial charge in [0.2, 0.25) is 0 Å². The molecule has 0 atom stereocenters. The van der Waals surface area contributed by atoms with Crippen molar-refractivity contribution >= 4 is 23.2 Å². The van der Waals surface area contributed by atoms with Gasteiger partial charge in [0, 0.05) is 18.7 Å². The molecule has 0 aliphatic heterocycles. The van der Waals surface area contributed by atoms with Crippen molar-refractivity contribution in [1.29, 1.82) is 0 Å². The van der Waals surface area contributed by atoms with Crippen LogP contribution >= 0.6 is 11.6 Å². The number of amides is 1. The Morgan fingerprint density at radius 1 is 1.00 bits per heavy atom. The first-order valence-electron chi connectivity index (χ1n) is 10.2. The number of rotatable bonds is 11. The first-order valence-corrected chi connectivity index (χ1v) is 10.6. The Morgan fingerprint density at radius 2 is 1.73 bits per heavy atom. The zero-order valence-electron chi connectivity index (χ0n) is 18.1. The van der Waals surface area contributed by atoms with Crippen molar-refractivity contribution in [2.45, 2.75) is 27.0 Å². The van der Waals surface area contributed by atoms with E-state index < -0.39 is 4.92 Å². The Hall–Kier alpha value is -3.72. The lowest BCUT2D eigenvalue weighted by Gasteiger charge is -2.12. The maximum absolute atomic E-state index is 12.5. The lowest BCUT2D eigenvalue weighted by atomic mass is 10.2. The Bertz CT molecular complexity index is 1130. The minimum absolute atomic E-state index is 0.00141. The summed E-state index contributed by atoms with van der Waals surface area (Å²) in [5, 5.41) is 13.7. The summed E-state index contributed by atoms with van der Waals surface area (Å²) in [6.07, 6.45) is 0. The van der Waals surface area contributed by atoms with Crippen molar-refractivity contribution in [3.8, 4) is 17.2 Å². The highest BCUT2D eigenvalue weighted by Crippen LogP contribution is 2.30. The van der Waals surface area contributed by atoms with Crippen LogP contribution in [0.5, 0.6) is 17.2 Å². The molecule has 1 amide bonds. The number of carbonyl (C=O) groups excluding carboxylic acids is 1. The quantitative estimate of drug-likeness (QED) is 0.302. The van der Waals surface area contributed by atoms with Gasteiger partial charge in [-0.05, 0) is 49.7 Å². The van der Waals surface area contributed by atoms with E-state index in [1.54, 1.807) is 6.07 Å². The molecule has 0 fully saturated rings. The van der Waals surface area contributed by atoms with Crippen molar-refractivity contribution < 1.29 is 28.3 Å². The summed E-state index contributed by atoms with van der Waals surface area (Å²) in [4.78, 5) is 22.7.